The van der Waals surface area contributed by atoms with E-state index in [-0.39, 0.29) is 5.91 Å². The number of amides is 1. The number of rotatable bonds is 9. The van der Waals surface area contributed by atoms with Crippen molar-refractivity contribution in [2.75, 3.05) is 19.8 Å². The maximum absolute atomic E-state index is 12.9. The lowest BCUT2D eigenvalue weighted by Crippen LogP contribution is -2.25. The zero-order chi connectivity index (χ0) is 20.1. The van der Waals surface area contributed by atoms with E-state index in [0.717, 1.165) is 35.8 Å². The van der Waals surface area contributed by atoms with E-state index in [1.807, 2.05) is 67.7 Å². The van der Waals surface area contributed by atoms with E-state index in [9.17, 15) is 4.79 Å². The third kappa shape index (κ3) is 4.93. The van der Waals surface area contributed by atoms with Gasteiger partial charge in [-0.25, -0.2) is 4.68 Å². The molecule has 2 aromatic carbocycles. The summed E-state index contributed by atoms with van der Waals surface area (Å²) in [5, 5.41) is 7.77. The molecule has 1 aromatic heterocycles. The van der Waals surface area contributed by atoms with Crippen molar-refractivity contribution in [3.63, 3.8) is 0 Å². The van der Waals surface area contributed by atoms with E-state index in [4.69, 9.17) is 9.84 Å². The summed E-state index contributed by atoms with van der Waals surface area (Å²) in [6.45, 7) is 4.17. The molecule has 1 aliphatic rings. The maximum Gasteiger partial charge on any atom is 0.255 e. The van der Waals surface area contributed by atoms with E-state index in [1.54, 1.807) is 4.68 Å². The number of aryl methyl sites for hydroxylation is 1. The van der Waals surface area contributed by atoms with Crippen LogP contribution >= 0.6 is 0 Å². The molecule has 3 aromatic rings. The van der Waals surface area contributed by atoms with Crippen LogP contribution in [0.5, 0.6) is 0 Å². The normalized spacial score (nSPS) is 13.4. The van der Waals surface area contributed by atoms with E-state index < -0.39 is 0 Å². The molecular formula is C24H27N3O2. The molecule has 0 unspecified atom stereocenters. The minimum atomic E-state index is -0.104. The first-order chi connectivity index (χ1) is 14.2. The summed E-state index contributed by atoms with van der Waals surface area (Å²) >= 11 is 0. The van der Waals surface area contributed by atoms with E-state index >= 15 is 0 Å². The van der Waals surface area contributed by atoms with Crippen LogP contribution < -0.4 is 5.32 Å². The fraction of sp³-hybridized carbons (Fsp3) is 0.333. The molecule has 29 heavy (non-hydrogen) atoms. The molecule has 0 bridgehead atoms. The van der Waals surface area contributed by atoms with Crippen LogP contribution in [0.2, 0.25) is 0 Å². The largest absolute Gasteiger partial charge is 0.381 e. The van der Waals surface area contributed by atoms with Crippen molar-refractivity contribution < 1.29 is 9.53 Å². The fourth-order valence-corrected chi connectivity index (χ4v) is 3.30. The lowest BCUT2D eigenvalue weighted by Gasteiger charge is -2.07. The van der Waals surface area contributed by atoms with Crippen molar-refractivity contribution in [3.05, 3.63) is 71.9 Å². The third-order valence-electron chi connectivity index (χ3n) is 5.18. The Balaban J connectivity index is 1.50. The number of aromatic nitrogens is 2. The third-order valence-corrected chi connectivity index (χ3v) is 5.18. The van der Waals surface area contributed by atoms with Gasteiger partial charge in [0.15, 0.2) is 0 Å². The highest BCUT2D eigenvalue weighted by atomic mass is 16.5. The zero-order valence-electron chi connectivity index (χ0n) is 16.8. The topological polar surface area (TPSA) is 56.2 Å². The van der Waals surface area contributed by atoms with Crippen LogP contribution in [0.1, 0.15) is 35.2 Å². The summed E-state index contributed by atoms with van der Waals surface area (Å²) in [4.78, 5) is 12.9. The average molecular weight is 389 g/mol. The van der Waals surface area contributed by atoms with Gasteiger partial charge in [-0.3, -0.25) is 4.79 Å². The molecule has 0 radical (unpaired) electrons. The van der Waals surface area contributed by atoms with Crippen LogP contribution in [-0.2, 0) is 4.74 Å². The van der Waals surface area contributed by atoms with E-state index in [1.165, 1.54) is 12.8 Å². The van der Waals surface area contributed by atoms with Crippen LogP contribution in [0.25, 0.3) is 16.9 Å². The molecule has 1 N–H and O–H groups in total. The first-order valence-corrected chi connectivity index (χ1v) is 10.3. The summed E-state index contributed by atoms with van der Waals surface area (Å²) in [6.07, 6.45) is 5.22. The lowest BCUT2D eigenvalue weighted by molar-refractivity contribution is 0.0938. The summed E-state index contributed by atoms with van der Waals surface area (Å²) in [5.74, 6) is 0.665. The van der Waals surface area contributed by atoms with Crippen molar-refractivity contribution in [2.24, 2.45) is 5.92 Å². The number of ether oxygens (including phenoxy) is 1. The Morgan fingerprint density at radius 2 is 1.90 bits per heavy atom. The second kappa shape index (κ2) is 9.05. The number of para-hydroxylation sites is 1. The van der Waals surface area contributed by atoms with Gasteiger partial charge < -0.3 is 10.1 Å². The maximum atomic E-state index is 12.9. The quantitative estimate of drug-likeness (QED) is 0.552. The Labute approximate surface area is 171 Å². The second-order valence-corrected chi connectivity index (χ2v) is 7.61. The summed E-state index contributed by atoms with van der Waals surface area (Å²) in [7, 11) is 0. The molecule has 0 aliphatic heterocycles. The molecule has 1 amide bonds. The molecule has 0 saturated heterocycles. The van der Waals surface area contributed by atoms with Crippen molar-refractivity contribution in [1.29, 1.82) is 0 Å². The van der Waals surface area contributed by atoms with Crippen molar-refractivity contribution >= 4 is 5.91 Å². The SMILES string of the molecule is Cc1ccccc1-c1nn(-c2ccccc2)cc1C(=O)NCCCOCC1CC1. The molecule has 0 spiro atoms. The van der Waals surface area contributed by atoms with Gasteiger partial charge in [0.25, 0.3) is 5.91 Å². The van der Waals surface area contributed by atoms with Crippen LogP contribution in [0, 0.1) is 12.8 Å². The number of hydrogen-bond acceptors (Lipinski definition) is 3. The van der Waals surface area contributed by atoms with Crippen molar-refractivity contribution in [2.45, 2.75) is 26.2 Å². The average Bonchev–Trinajstić information content (AvgIpc) is 3.47. The Morgan fingerprint density at radius 1 is 1.14 bits per heavy atom. The van der Waals surface area contributed by atoms with Gasteiger partial charge in [0.05, 0.1) is 11.3 Å². The van der Waals surface area contributed by atoms with Crippen LogP contribution in [0.4, 0.5) is 0 Å². The summed E-state index contributed by atoms with van der Waals surface area (Å²) in [5.41, 5.74) is 4.28. The Hall–Kier alpha value is -2.92. The minimum absolute atomic E-state index is 0.104. The van der Waals surface area contributed by atoms with Gasteiger partial charge in [-0.1, -0.05) is 42.5 Å². The number of hydrogen-bond donors (Lipinski definition) is 1. The van der Waals surface area contributed by atoms with Gasteiger partial charge in [0, 0.05) is 31.5 Å². The first kappa shape index (κ1) is 19.4. The standard InChI is InChI=1S/C24H27N3O2/c1-18-8-5-6-11-21(18)23-22(16-27(26-23)20-9-3-2-4-10-20)24(28)25-14-7-15-29-17-19-12-13-19/h2-6,8-11,16,19H,7,12-15,17H2,1H3,(H,25,28). The van der Waals surface area contributed by atoms with Crippen LogP contribution in [0.15, 0.2) is 60.8 Å². The molecule has 0 atom stereocenters. The van der Waals surface area contributed by atoms with Gasteiger partial charge in [-0.05, 0) is 49.8 Å². The first-order valence-electron chi connectivity index (χ1n) is 10.3. The van der Waals surface area contributed by atoms with Gasteiger partial charge >= 0.3 is 0 Å². The minimum Gasteiger partial charge on any atom is -0.381 e. The molecule has 1 fully saturated rings. The van der Waals surface area contributed by atoms with Gasteiger partial charge in [0.1, 0.15) is 5.69 Å². The zero-order valence-corrected chi connectivity index (χ0v) is 16.8. The highest BCUT2D eigenvalue weighted by molar-refractivity contribution is 6.00. The molecule has 1 aliphatic carbocycles. The van der Waals surface area contributed by atoms with E-state index in [0.29, 0.717) is 24.4 Å². The number of nitrogens with zero attached hydrogens (tertiary/aromatic N) is 2. The Kier molecular flexibility index (Phi) is 6.06. The summed E-state index contributed by atoms with van der Waals surface area (Å²) in [6, 6.07) is 17.9. The lowest BCUT2D eigenvalue weighted by atomic mass is 10.0. The predicted octanol–water partition coefficient (Wildman–Crippen LogP) is 4.39. The molecule has 1 saturated carbocycles. The number of carbonyl (C=O) groups is 1. The highest BCUT2D eigenvalue weighted by Crippen LogP contribution is 2.29. The molecule has 1 heterocycles. The van der Waals surface area contributed by atoms with Crippen LogP contribution in [-0.4, -0.2) is 35.4 Å². The predicted molar refractivity (Wildman–Crippen MR) is 114 cm³/mol. The van der Waals surface area contributed by atoms with Crippen molar-refractivity contribution in [1.82, 2.24) is 15.1 Å². The monoisotopic (exact) mass is 389 g/mol. The smallest absolute Gasteiger partial charge is 0.255 e. The summed E-state index contributed by atoms with van der Waals surface area (Å²) < 4.78 is 7.42. The van der Waals surface area contributed by atoms with Crippen molar-refractivity contribution in [3.8, 4) is 16.9 Å². The second-order valence-electron chi connectivity index (χ2n) is 7.61. The molecule has 150 valence electrons. The van der Waals surface area contributed by atoms with Gasteiger partial charge in [-0.15, -0.1) is 0 Å². The number of carbonyl (C=O) groups excluding carboxylic acids is 1. The molecule has 4 rings (SSSR count). The fourth-order valence-electron chi connectivity index (χ4n) is 3.30. The number of benzene rings is 2. The highest BCUT2D eigenvalue weighted by Gasteiger charge is 2.21. The van der Waals surface area contributed by atoms with Crippen LogP contribution in [0.3, 0.4) is 0 Å². The Bertz CT molecular complexity index is 961. The van der Waals surface area contributed by atoms with E-state index in [2.05, 4.69) is 5.32 Å². The molecular weight excluding hydrogens is 362 g/mol. The molecule has 5 heteroatoms. The number of nitrogens with one attached hydrogen (secondary N) is 1. The van der Waals surface area contributed by atoms with Gasteiger partial charge in [-0.2, -0.15) is 5.10 Å². The van der Waals surface area contributed by atoms with Gasteiger partial charge in [0.2, 0.25) is 0 Å². The Morgan fingerprint density at radius 3 is 2.66 bits per heavy atom. The molecule has 5 nitrogen and oxygen atoms in total.